The standard InChI is InChI=1S/C74H114ClF3N12O12/c1-12-48(4)64-71(101)84(7)45-62(93)82(5)46-63(94)86(9)57(41-49-25-16-13-17-26-49)68(98)83(6)44-60(91)79-54(33-31-51-30-32-52(53(75)40-51)74(76,77)78)67(97)90-38-24-29-55(90)66(96)81-73(34-20-21-35-73)72(102)88(11)58(42-50-27-18-14-19-28-50)69(99)87(10)59(70(100)89-36-22-15-23-37-89)43-61(92)85(8)56(39-47(2)3)65(95)80-64/h30,32,40,47-50,54-59,64H,12-29,31,33-39,41-46H2,1-11H3,(H,79,91)(H,80,95)(H,81,96)/t48-,54-,55-,56-,57-,58-,59-,64-/m0/s1. The van der Waals surface area contributed by atoms with Crippen molar-refractivity contribution < 1.29 is 70.7 Å². The van der Waals surface area contributed by atoms with E-state index in [1.807, 2.05) is 20.8 Å². The van der Waals surface area contributed by atoms with Crippen molar-refractivity contribution in [3.63, 3.8) is 0 Å². The molecule has 28 heteroatoms. The van der Waals surface area contributed by atoms with Crippen molar-refractivity contribution in [1.82, 2.24) is 60.0 Å². The van der Waals surface area contributed by atoms with Crippen molar-refractivity contribution >= 4 is 82.5 Å². The van der Waals surface area contributed by atoms with Crippen LogP contribution in [0.1, 0.15) is 199 Å². The molecule has 570 valence electrons. The van der Waals surface area contributed by atoms with Gasteiger partial charge >= 0.3 is 6.18 Å². The summed E-state index contributed by atoms with van der Waals surface area (Å²) in [5, 5.41) is 8.21. The van der Waals surface area contributed by atoms with Gasteiger partial charge in [-0.1, -0.05) is 129 Å². The van der Waals surface area contributed by atoms with Crippen molar-refractivity contribution in [2.75, 3.05) is 88.6 Å². The van der Waals surface area contributed by atoms with Crippen molar-refractivity contribution in [1.29, 1.82) is 0 Å². The second kappa shape index (κ2) is 37.1. The molecule has 0 radical (unpaired) electrons. The number of piperidine rings is 1. The quantitative estimate of drug-likeness (QED) is 0.195. The molecule has 8 atom stereocenters. The molecule has 1 aromatic carbocycles. The molecule has 0 aromatic heterocycles. The number of carbonyl (C=O) groups is 12. The predicted molar refractivity (Wildman–Crippen MR) is 378 cm³/mol. The van der Waals surface area contributed by atoms with Gasteiger partial charge in [0.15, 0.2) is 0 Å². The number of alkyl halides is 3. The first-order chi connectivity index (χ1) is 48.2. The molecule has 3 saturated carbocycles. The van der Waals surface area contributed by atoms with E-state index in [1.165, 1.54) is 79.9 Å². The molecule has 6 aliphatic rings. The van der Waals surface area contributed by atoms with E-state index in [0.717, 1.165) is 97.5 Å². The number of halogens is 4. The third-order valence-corrected chi connectivity index (χ3v) is 22.9. The Morgan fingerprint density at radius 3 is 1.72 bits per heavy atom. The smallest absolute Gasteiger partial charge is 0.343 e. The molecule has 1 spiro atoms. The largest absolute Gasteiger partial charge is 0.417 e. The highest BCUT2D eigenvalue weighted by Gasteiger charge is 2.51. The lowest BCUT2D eigenvalue weighted by atomic mass is 9.83. The molecule has 0 unspecified atom stereocenters. The van der Waals surface area contributed by atoms with E-state index >= 15 is 28.8 Å². The van der Waals surface area contributed by atoms with E-state index < -0.39 is 167 Å². The van der Waals surface area contributed by atoms with E-state index in [4.69, 9.17) is 11.6 Å². The second-order valence-electron chi connectivity index (χ2n) is 30.6. The first-order valence-electron chi connectivity index (χ1n) is 37.3. The highest BCUT2D eigenvalue weighted by molar-refractivity contribution is 6.31. The minimum Gasteiger partial charge on any atom is -0.343 e. The van der Waals surface area contributed by atoms with E-state index in [-0.39, 0.29) is 75.7 Å². The molecule has 7 rings (SSSR count). The van der Waals surface area contributed by atoms with Gasteiger partial charge in [0.1, 0.15) is 47.8 Å². The van der Waals surface area contributed by atoms with Gasteiger partial charge in [-0.15, -0.1) is 0 Å². The average Bonchev–Trinajstić information content (AvgIpc) is 1.51. The fourth-order valence-electron chi connectivity index (χ4n) is 15.9. The molecule has 3 aliphatic heterocycles. The van der Waals surface area contributed by atoms with Crippen LogP contribution >= 0.6 is 11.6 Å². The maximum absolute atomic E-state index is 15.8. The summed E-state index contributed by atoms with van der Waals surface area (Å²) in [7, 11) is 10.0. The van der Waals surface area contributed by atoms with Crippen LogP contribution in [0.25, 0.3) is 0 Å². The Labute approximate surface area is 605 Å². The van der Waals surface area contributed by atoms with Gasteiger partial charge in [-0.25, -0.2) is 0 Å². The molecule has 12 amide bonds. The number of hydrogen-bond donors (Lipinski definition) is 3. The van der Waals surface area contributed by atoms with Crippen LogP contribution < -0.4 is 16.0 Å². The number of carbonyl (C=O) groups excluding carboxylic acids is 12. The zero-order chi connectivity index (χ0) is 75.1. The summed E-state index contributed by atoms with van der Waals surface area (Å²) in [5.74, 6) is -8.30. The number of aryl methyl sites for hydroxylation is 1. The molecule has 24 nitrogen and oxygen atoms in total. The Hall–Kier alpha value is -7.06. The van der Waals surface area contributed by atoms with Crippen LogP contribution in [0.2, 0.25) is 5.02 Å². The monoisotopic (exact) mass is 1450 g/mol. The minimum atomic E-state index is -4.76. The van der Waals surface area contributed by atoms with E-state index in [9.17, 15) is 41.9 Å². The summed E-state index contributed by atoms with van der Waals surface area (Å²) >= 11 is 6.17. The van der Waals surface area contributed by atoms with Crippen LogP contribution in [0, 0.1) is 23.7 Å². The third kappa shape index (κ3) is 21.1. The molecule has 3 heterocycles. The van der Waals surface area contributed by atoms with Gasteiger partial charge in [-0.05, 0) is 118 Å². The van der Waals surface area contributed by atoms with Crippen LogP contribution in [-0.4, -0.2) is 251 Å². The van der Waals surface area contributed by atoms with Gasteiger partial charge in [-0.3, -0.25) is 57.5 Å². The normalized spacial score (nSPS) is 26.6. The Bertz CT molecular complexity index is 3150. The molecule has 3 aliphatic carbocycles. The van der Waals surface area contributed by atoms with E-state index in [0.29, 0.717) is 57.2 Å². The van der Waals surface area contributed by atoms with Gasteiger partial charge in [0.2, 0.25) is 70.9 Å². The van der Waals surface area contributed by atoms with Crippen LogP contribution in [0.3, 0.4) is 0 Å². The molecule has 6 fully saturated rings. The Balaban J connectivity index is 1.29. The number of rotatable bonds is 12. The number of amides is 12. The van der Waals surface area contributed by atoms with Gasteiger partial charge in [-0.2, -0.15) is 13.2 Å². The molecule has 3 N–H and O–H groups in total. The van der Waals surface area contributed by atoms with Crippen LogP contribution in [-0.2, 0) is 70.1 Å². The number of fused-ring (bicyclic) bond motifs is 1. The molecular formula is C74H114ClF3N12O12. The second-order valence-corrected chi connectivity index (χ2v) is 31.0. The zero-order valence-electron chi connectivity index (χ0n) is 62.1. The Morgan fingerprint density at radius 2 is 1.15 bits per heavy atom. The topological polar surface area (TPSA) is 270 Å². The number of benzene rings is 1. The number of nitrogens with one attached hydrogen (secondary N) is 3. The van der Waals surface area contributed by atoms with Crippen molar-refractivity contribution in [2.45, 2.75) is 249 Å². The van der Waals surface area contributed by atoms with E-state index in [2.05, 4.69) is 16.0 Å². The van der Waals surface area contributed by atoms with E-state index in [1.54, 1.807) is 11.8 Å². The number of hydrogen-bond acceptors (Lipinski definition) is 12. The third-order valence-electron chi connectivity index (χ3n) is 22.6. The van der Waals surface area contributed by atoms with Crippen molar-refractivity contribution in [2.24, 2.45) is 23.7 Å². The summed E-state index contributed by atoms with van der Waals surface area (Å²) in [6, 6.07) is -5.53. The highest BCUT2D eigenvalue weighted by Crippen LogP contribution is 2.38. The summed E-state index contributed by atoms with van der Waals surface area (Å²) in [5.41, 5.74) is -2.34. The van der Waals surface area contributed by atoms with Gasteiger partial charge < -0.3 is 60.0 Å². The number of likely N-dealkylation sites (N-methyl/N-ethyl adjacent to an activating group) is 7. The molecular weight excluding hydrogens is 1340 g/mol. The maximum Gasteiger partial charge on any atom is 0.417 e. The van der Waals surface area contributed by atoms with Crippen LogP contribution in [0.15, 0.2) is 18.2 Å². The van der Waals surface area contributed by atoms with Gasteiger partial charge in [0.25, 0.3) is 0 Å². The fourth-order valence-corrected chi connectivity index (χ4v) is 16.2. The Kier molecular flexibility index (Phi) is 29.9. The summed E-state index contributed by atoms with van der Waals surface area (Å²) in [6.07, 6.45) is 8.16. The lowest BCUT2D eigenvalue weighted by Crippen LogP contribution is -2.64. The summed E-state index contributed by atoms with van der Waals surface area (Å²) < 4.78 is 41.7. The SMILES string of the molecule is CC[C@H](C)[C@@H]1NC(=O)[C@H](CC(C)C)N(C)C(=O)C[C@@H](C(=O)N2CCCCC2)N(C)C(=O)[C@H](CC2CCCCC2)N(C)C(=O)C2(CCCC2)NC(=O)[C@@H]2CCCN2C(=O)[C@H](CCc2ccc(C(F)(F)F)c(Cl)c2)NC(=O)CN(C)C(=O)[C@H](CC2CCCCC2)N(C)C(=O)CN(C)C(=O)CN(C)C1=O. The van der Waals surface area contributed by atoms with Gasteiger partial charge in [0.05, 0.1) is 36.6 Å². The first-order valence-corrected chi connectivity index (χ1v) is 37.7. The minimum absolute atomic E-state index is 0.0116. The van der Waals surface area contributed by atoms with Crippen molar-refractivity contribution in [3.8, 4) is 0 Å². The molecule has 0 bridgehead atoms. The molecule has 3 saturated heterocycles. The van der Waals surface area contributed by atoms with Crippen LogP contribution in [0.5, 0.6) is 0 Å². The van der Waals surface area contributed by atoms with Crippen LogP contribution in [0.4, 0.5) is 13.2 Å². The lowest BCUT2D eigenvalue weighted by molar-refractivity contribution is -0.155. The van der Waals surface area contributed by atoms with Gasteiger partial charge in [0, 0.05) is 69.0 Å². The molecule has 102 heavy (non-hydrogen) atoms. The zero-order valence-corrected chi connectivity index (χ0v) is 62.9. The average molecular weight is 1460 g/mol. The van der Waals surface area contributed by atoms with Crippen molar-refractivity contribution in [3.05, 3.63) is 34.3 Å². The number of nitrogens with zero attached hydrogens (tertiary/aromatic N) is 9. The fraction of sp³-hybridized carbons (Fsp3) is 0.757. The highest BCUT2D eigenvalue weighted by atomic mass is 35.5. The Morgan fingerprint density at radius 1 is 0.588 bits per heavy atom. The molecule has 1 aromatic rings. The summed E-state index contributed by atoms with van der Waals surface area (Å²) in [4.78, 5) is 191. The predicted octanol–water partition coefficient (Wildman–Crippen LogP) is 6.81. The summed E-state index contributed by atoms with van der Waals surface area (Å²) in [6.45, 7) is 6.47. The maximum atomic E-state index is 15.8. The first kappa shape index (κ1) is 82.2. The lowest BCUT2D eigenvalue weighted by Gasteiger charge is -2.42. The number of likely N-dealkylation sites (tertiary alicyclic amines) is 1.